The van der Waals surface area contributed by atoms with Crippen LogP contribution in [0.15, 0.2) is 6.33 Å². The Hall–Kier alpha value is -1.41. The van der Waals surface area contributed by atoms with E-state index in [4.69, 9.17) is 10.3 Å². The fourth-order valence-corrected chi connectivity index (χ4v) is 4.41. The van der Waals surface area contributed by atoms with E-state index in [9.17, 15) is 13.2 Å². The second kappa shape index (κ2) is 15.4. The van der Waals surface area contributed by atoms with E-state index in [1.54, 1.807) is 0 Å². The summed E-state index contributed by atoms with van der Waals surface area (Å²) in [6, 6.07) is 0. The van der Waals surface area contributed by atoms with Crippen molar-refractivity contribution in [3.63, 3.8) is 0 Å². The first-order valence-corrected chi connectivity index (χ1v) is 13.1. The smallest absolute Gasteiger partial charge is 0.364 e. The lowest BCUT2D eigenvalue weighted by Crippen LogP contribution is -2.22. The van der Waals surface area contributed by atoms with E-state index in [0.29, 0.717) is 16.1 Å². The van der Waals surface area contributed by atoms with Gasteiger partial charge in [0.15, 0.2) is 0 Å². The molecule has 0 aromatic carbocycles. The van der Waals surface area contributed by atoms with Crippen molar-refractivity contribution in [2.45, 2.75) is 116 Å². The van der Waals surface area contributed by atoms with Crippen LogP contribution < -0.4 is 5.73 Å². The van der Waals surface area contributed by atoms with Crippen molar-refractivity contribution in [1.82, 2.24) is 8.96 Å². The third-order valence-electron chi connectivity index (χ3n) is 5.56. The third kappa shape index (κ3) is 11.1. The molecule has 1 aromatic heterocycles. The molecule has 0 aliphatic heterocycles. The first kappa shape index (κ1) is 26.6. The molecule has 0 bridgehead atoms. The fraction of sp³-hybridized carbons (Fsp3) is 0.818. The summed E-state index contributed by atoms with van der Waals surface area (Å²) in [4.78, 5) is 15.4. The molecule has 0 saturated carbocycles. The monoisotopic (exact) mass is 443 g/mol. The number of imidazole rings is 1. The Balaban J connectivity index is 2.02. The molecule has 1 rings (SSSR count). The predicted octanol–water partition coefficient (Wildman–Crippen LogP) is 5.44. The maximum atomic E-state index is 11.5. The lowest BCUT2D eigenvalue weighted by atomic mass is 10.0. The molecule has 0 aliphatic carbocycles. The molecule has 174 valence electrons. The van der Waals surface area contributed by atoms with Crippen LogP contribution in [0.1, 0.15) is 126 Å². The molecular formula is C22H41N3O4S. The number of nitrogens with zero attached hydrogens (tertiary/aromatic N) is 2. The van der Waals surface area contributed by atoms with E-state index in [0.717, 1.165) is 25.6 Å². The Morgan fingerprint density at radius 3 is 1.63 bits per heavy atom. The maximum absolute atomic E-state index is 11.5. The number of aromatic nitrogens is 2. The van der Waals surface area contributed by atoms with Gasteiger partial charge in [0.2, 0.25) is 0 Å². The van der Waals surface area contributed by atoms with Gasteiger partial charge in [-0.2, -0.15) is 12.4 Å². The SMILES string of the molecule is CCCCCCCCCCCCCCCCCCc1ncn(S(=O)(=O)O)c1C(N)=O. The second-order valence-corrected chi connectivity index (χ2v) is 9.52. The van der Waals surface area contributed by atoms with Gasteiger partial charge in [-0.3, -0.25) is 9.35 Å². The Kier molecular flexibility index (Phi) is 13.7. The number of hydrogen-bond donors (Lipinski definition) is 2. The van der Waals surface area contributed by atoms with Crippen LogP contribution in [-0.4, -0.2) is 27.8 Å². The van der Waals surface area contributed by atoms with Crippen LogP contribution in [0.5, 0.6) is 0 Å². The molecule has 3 N–H and O–H groups in total. The van der Waals surface area contributed by atoms with Crippen LogP contribution >= 0.6 is 0 Å². The standard InChI is InChI=1S/C22H41N3O4S/c1-2-3-4-5-6-7-8-9-10-11-12-13-14-15-16-17-18-20-21(22(23)26)25(19-24-20)30(27,28)29/h19H,2-18H2,1H3,(H2,23,26)(H,27,28,29). The molecule has 1 amide bonds. The summed E-state index contributed by atoms with van der Waals surface area (Å²) in [6.45, 7) is 2.26. The summed E-state index contributed by atoms with van der Waals surface area (Å²) < 4.78 is 32.1. The second-order valence-electron chi connectivity index (χ2n) is 8.23. The van der Waals surface area contributed by atoms with Gasteiger partial charge in [-0.15, -0.1) is 0 Å². The van der Waals surface area contributed by atoms with E-state index in [-0.39, 0.29) is 5.69 Å². The summed E-state index contributed by atoms with van der Waals surface area (Å²) in [5, 5.41) is 0. The molecule has 0 unspecified atom stereocenters. The topological polar surface area (TPSA) is 115 Å². The zero-order chi connectivity index (χ0) is 22.2. The molecule has 1 aromatic rings. The first-order chi connectivity index (χ1) is 14.4. The summed E-state index contributed by atoms with van der Waals surface area (Å²) >= 11 is 0. The molecular weight excluding hydrogens is 402 g/mol. The van der Waals surface area contributed by atoms with Crippen LogP contribution in [0, 0.1) is 0 Å². The number of amides is 1. The van der Waals surface area contributed by atoms with Crippen LogP contribution in [0.4, 0.5) is 0 Å². The number of hydrogen-bond acceptors (Lipinski definition) is 4. The van der Waals surface area contributed by atoms with Gasteiger partial charge in [0.05, 0.1) is 5.69 Å². The molecule has 1 heterocycles. The van der Waals surface area contributed by atoms with Crippen molar-refractivity contribution in [2.24, 2.45) is 5.73 Å². The van der Waals surface area contributed by atoms with Gasteiger partial charge in [0.25, 0.3) is 5.91 Å². The zero-order valence-electron chi connectivity index (χ0n) is 18.7. The molecule has 0 atom stereocenters. The highest BCUT2D eigenvalue weighted by Crippen LogP contribution is 2.16. The minimum atomic E-state index is -4.57. The van der Waals surface area contributed by atoms with Crippen LogP contribution in [0.2, 0.25) is 0 Å². The molecule has 8 heteroatoms. The third-order valence-corrected chi connectivity index (χ3v) is 6.34. The van der Waals surface area contributed by atoms with Gasteiger partial charge < -0.3 is 5.73 Å². The Morgan fingerprint density at radius 2 is 1.27 bits per heavy atom. The average molecular weight is 444 g/mol. The van der Waals surface area contributed by atoms with Crippen molar-refractivity contribution >= 4 is 16.2 Å². The van der Waals surface area contributed by atoms with Crippen molar-refractivity contribution in [3.05, 3.63) is 17.7 Å². The maximum Gasteiger partial charge on any atom is 0.365 e. The minimum absolute atomic E-state index is 0.251. The van der Waals surface area contributed by atoms with Gasteiger partial charge >= 0.3 is 10.3 Å². The highest BCUT2D eigenvalue weighted by molar-refractivity contribution is 7.84. The molecule has 0 aliphatic rings. The minimum Gasteiger partial charge on any atom is -0.364 e. The Labute approximate surface area is 182 Å². The Bertz CT molecular complexity index is 701. The number of unbranched alkanes of at least 4 members (excludes halogenated alkanes) is 15. The van der Waals surface area contributed by atoms with E-state index in [1.807, 2.05) is 0 Å². The van der Waals surface area contributed by atoms with Gasteiger partial charge in [-0.1, -0.05) is 103 Å². The lowest BCUT2D eigenvalue weighted by molar-refractivity contribution is 0.0993. The van der Waals surface area contributed by atoms with Gasteiger partial charge in [0, 0.05) is 0 Å². The molecule has 0 fully saturated rings. The number of aryl methyl sites for hydroxylation is 1. The molecule has 30 heavy (non-hydrogen) atoms. The van der Waals surface area contributed by atoms with Crippen LogP contribution in [0.3, 0.4) is 0 Å². The Morgan fingerprint density at radius 1 is 0.867 bits per heavy atom. The first-order valence-electron chi connectivity index (χ1n) is 11.7. The largest absolute Gasteiger partial charge is 0.365 e. The molecule has 7 nitrogen and oxygen atoms in total. The fourth-order valence-electron chi connectivity index (χ4n) is 3.82. The normalized spacial score (nSPS) is 11.8. The highest BCUT2D eigenvalue weighted by atomic mass is 32.2. The number of nitrogens with two attached hydrogens (primary N) is 1. The summed E-state index contributed by atoms with van der Waals surface area (Å²) in [6.07, 6.45) is 21.8. The quantitative estimate of drug-likeness (QED) is 0.218. The number of primary amides is 1. The van der Waals surface area contributed by atoms with E-state index in [1.165, 1.54) is 83.5 Å². The molecule has 0 radical (unpaired) electrons. The zero-order valence-corrected chi connectivity index (χ0v) is 19.5. The summed E-state index contributed by atoms with van der Waals surface area (Å²) in [5.74, 6) is -0.906. The summed E-state index contributed by atoms with van der Waals surface area (Å²) in [7, 11) is -4.57. The van der Waals surface area contributed by atoms with Crippen LogP contribution in [0.25, 0.3) is 0 Å². The van der Waals surface area contributed by atoms with E-state index in [2.05, 4.69) is 11.9 Å². The van der Waals surface area contributed by atoms with Crippen molar-refractivity contribution in [1.29, 1.82) is 0 Å². The van der Waals surface area contributed by atoms with Crippen molar-refractivity contribution in [2.75, 3.05) is 0 Å². The average Bonchev–Trinajstić information content (AvgIpc) is 3.12. The number of carbonyl (C=O) groups excluding carboxylic acids is 1. The van der Waals surface area contributed by atoms with Gasteiger partial charge in [0.1, 0.15) is 12.0 Å². The van der Waals surface area contributed by atoms with Crippen molar-refractivity contribution < 1.29 is 17.8 Å². The molecule has 0 spiro atoms. The number of carbonyl (C=O) groups is 1. The van der Waals surface area contributed by atoms with Gasteiger partial charge in [-0.05, 0) is 12.8 Å². The van der Waals surface area contributed by atoms with Crippen LogP contribution in [-0.2, 0) is 16.7 Å². The van der Waals surface area contributed by atoms with Crippen molar-refractivity contribution in [3.8, 4) is 0 Å². The molecule has 0 saturated heterocycles. The predicted molar refractivity (Wildman–Crippen MR) is 121 cm³/mol. The van der Waals surface area contributed by atoms with E-state index >= 15 is 0 Å². The number of rotatable bonds is 19. The summed E-state index contributed by atoms with van der Waals surface area (Å²) in [5.41, 5.74) is 5.32. The van der Waals surface area contributed by atoms with Gasteiger partial charge in [-0.25, -0.2) is 4.98 Å². The highest BCUT2D eigenvalue weighted by Gasteiger charge is 2.22. The van der Waals surface area contributed by atoms with E-state index < -0.39 is 16.2 Å². The lowest BCUT2D eigenvalue weighted by Gasteiger charge is -2.05.